The Morgan fingerprint density at radius 1 is 1.11 bits per heavy atom. The molecule has 0 spiro atoms. The molecule has 0 radical (unpaired) electrons. The number of hydrogen-bond donors (Lipinski definition) is 1. The lowest BCUT2D eigenvalue weighted by Crippen LogP contribution is -2.47. The molecule has 0 unspecified atom stereocenters. The van der Waals surface area contributed by atoms with Crippen molar-refractivity contribution >= 4 is 0 Å². The Labute approximate surface area is 116 Å². The van der Waals surface area contributed by atoms with Crippen LogP contribution in [-0.2, 0) is 6.54 Å². The van der Waals surface area contributed by atoms with Crippen LogP contribution in [0.15, 0.2) is 22.8 Å². The fraction of sp³-hybridized carbons (Fsp3) is 0.765. The highest BCUT2D eigenvalue weighted by Gasteiger charge is 2.50. The quantitative estimate of drug-likeness (QED) is 0.809. The fourth-order valence-electron chi connectivity index (χ4n) is 5.57. The lowest BCUT2D eigenvalue weighted by Gasteiger charge is -2.57. The van der Waals surface area contributed by atoms with Crippen LogP contribution in [-0.4, -0.2) is 6.54 Å². The van der Waals surface area contributed by atoms with Crippen LogP contribution in [0.1, 0.15) is 50.7 Å². The van der Waals surface area contributed by atoms with E-state index in [4.69, 9.17) is 4.42 Å². The van der Waals surface area contributed by atoms with Gasteiger partial charge in [-0.2, -0.15) is 0 Å². The molecule has 0 atom stereocenters. The maximum Gasteiger partial charge on any atom is 0.117 e. The first-order valence-electron chi connectivity index (χ1n) is 8.04. The van der Waals surface area contributed by atoms with Gasteiger partial charge in [0.2, 0.25) is 0 Å². The zero-order valence-corrected chi connectivity index (χ0v) is 11.7. The van der Waals surface area contributed by atoms with Gasteiger partial charge >= 0.3 is 0 Å². The van der Waals surface area contributed by atoms with Crippen LogP contribution < -0.4 is 5.32 Å². The van der Waals surface area contributed by atoms with E-state index < -0.39 is 0 Å². The van der Waals surface area contributed by atoms with Gasteiger partial charge < -0.3 is 9.73 Å². The van der Waals surface area contributed by atoms with Crippen molar-refractivity contribution in [2.45, 2.75) is 51.5 Å². The molecular formula is C17H25NO. The van der Waals surface area contributed by atoms with E-state index in [0.29, 0.717) is 5.41 Å². The third-order valence-corrected chi connectivity index (χ3v) is 5.88. The predicted octanol–water partition coefficient (Wildman–Crippen LogP) is 3.98. The molecule has 2 heteroatoms. The minimum absolute atomic E-state index is 0.713. The molecule has 4 bridgehead atoms. The number of hydrogen-bond acceptors (Lipinski definition) is 2. The fourth-order valence-corrected chi connectivity index (χ4v) is 5.57. The smallest absolute Gasteiger partial charge is 0.117 e. The van der Waals surface area contributed by atoms with E-state index in [1.54, 1.807) is 25.5 Å². The summed E-state index contributed by atoms with van der Waals surface area (Å²) < 4.78 is 5.37. The molecule has 4 saturated carbocycles. The van der Waals surface area contributed by atoms with Crippen LogP contribution in [0.25, 0.3) is 0 Å². The second-order valence-electron chi connectivity index (χ2n) is 7.42. The molecule has 0 amide bonds. The summed E-state index contributed by atoms with van der Waals surface area (Å²) >= 11 is 0. The van der Waals surface area contributed by atoms with Gasteiger partial charge in [-0.15, -0.1) is 0 Å². The molecular weight excluding hydrogens is 234 g/mol. The molecule has 1 heterocycles. The van der Waals surface area contributed by atoms with E-state index >= 15 is 0 Å². The van der Waals surface area contributed by atoms with E-state index in [2.05, 4.69) is 11.4 Å². The maximum absolute atomic E-state index is 5.37. The van der Waals surface area contributed by atoms with Crippen molar-refractivity contribution in [1.29, 1.82) is 0 Å². The average molecular weight is 259 g/mol. The molecule has 5 rings (SSSR count). The highest BCUT2D eigenvalue weighted by atomic mass is 16.3. The second kappa shape index (κ2) is 4.66. The largest absolute Gasteiger partial charge is 0.468 e. The lowest BCUT2D eigenvalue weighted by molar-refractivity contribution is -0.0568. The van der Waals surface area contributed by atoms with Crippen LogP contribution in [0.2, 0.25) is 0 Å². The van der Waals surface area contributed by atoms with Crippen LogP contribution in [0.3, 0.4) is 0 Å². The van der Waals surface area contributed by atoms with Gasteiger partial charge in [0.1, 0.15) is 5.76 Å². The summed E-state index contributed by atoms with van der Waals surface area (Å²) in [6.07, 6.45) is 12.4. The molecule has 1 aromatic rings. The van der Waals surface area contributed by atoms with Gasteiger partial charge in [0, 0.05) is 0 Å². The van der Waals surface area contributed by atoms with Crippen molar-refractivity contribution in [2.75, 3.05) is 6.54 Å². The van der Waals surface area contributed by atoms with Crippen LogP contribution in [0.4, 0.5) is 0 Å². The Hall–Kier alpha value is -0.760. The molecule has 0 aliphatic heterocycles. The maximum atomic E-state index is 5.37. The zero-order chi connectivity index (χ0) is 12.7. The van der Waals surface area contributed by atoms with E-state index in [0.717, 1.165) is 36.6 Å². The minimum atomic E-state index is 0.713. The average Bonchev–Trinajstić information content (AvgIpc) is 2.86. The monoisotopic (exact) mass is 259 g/mol. The van der Waals surface area contributed by atoms with Crippen LogP contribution in [0, 0.1) is 23.2 Å². The molecule has 104 valence electrons. The van der Waals surface area contributed by atoms with Gasteiger partial charge in [-0.3, -0.25) is 0 Å². The summed E-state index contributed by atoms with van der Waals surface area (Å²) in [5.74, 6) is 4.30. The Kier molecular flexibility index (Phi) is 2.95. The van der Waals surface area contributed by atoms with Gasteiger partial charge in [0.25, 0.3) is 0 Å². The molecule has 0 saturated heterocycles. The molecule has 4 aliphatic rings. The Bertz CT molecular complexity index is 387. The van der Waals surface area contributed by atoms with Crippen molar-refractivity contribution in [3.63, 3.8) is 0 Å². The second-order valence-corrected chi connectivity index (χ2v) is 7.42. The predicted molar refractivity (Wildman–Crippen MR) is 75.6 cm³/mol. The molecule has 4 fully saturated rings. The van der Waals surface area contributed by atoms with E-state index in [-0.39, 0.29) is 0 Å². The van der Waals surface area contributed by atoms with Crippen molar-refractivity contribution in [1.82, 2.24) is 5.32 Å². The van der Waals surface area contributed by atoms with Gasteiger partial charge in [-0.25, -0.2) is 0 Å². The summed E-state index contributed by atoms with van der Waals surface area (Å²) in [4.78, 5) is 0. The van der Waals surface area contributed by atoms with Gasteiger partial charge in [-0.1, -0.05) is 0 Å². The van der Waals surface area contributed by atoms with Crippen molar-refractivity contribution < 1.29 is 4.42 Å². The third-order valence-electron chi connectivity index (χ3n) is 5.88. The Morgan fingerprint density at radius 3 is 2.37 bits per heavy atom. The van der Waals surface area contributed by atoms with Gasteiger partial charge in [-0.05, 0) is 86.8 Å². The first-order chi connectivity index (χ1) is 9.31. The third kappa shape index (κ3) is 2.35. The van der Waals surface area contributed by atoms with Gasteiger partial charge in [0.15, 0.2) is 0 Å². The molecule has 1 aromatic heterocycles. The highest BCUT2D eigenvalue weighted by molar-refractivity contribution is 5.02. The van der Waals surface area contributed by atoms with Crippen molar-refractivity contribution in [2.24, 2.45) is 23.2 Å². The first-order valence-corrected chi connectivity index (χ1v) is 8.04. The lowest BCUT2D eigenvalue weighted by atomic mass is 9.49. The molecule has 1 N–H and O–H groups in total. The summed E-state index contributed by atoms with van der Waals surface area (Å²) in [6, 6.07) is 4.02. The van der Waals surface area contributed by atoms with E-state index in [1.165, 1.54) is 25.7 Å². The summed E-state index contributed by atoms with van der Waals surface area (Å²) in [7, 11) is 0. The van der Waals surface area contributed by atoms with Crippen LogP contribution >= 0.6 is 0 Å². The minimum Gasteiger partial charge on any atom is -0.468 e. The molecule has 4 aliphatic carbocycles. The Morgan fingerprint density at radius 2 is 1.79 bits per heavy atom. The Balaban J connectivity index is 1.30. The molecule has 0 aromatic carbocycles. The standard InChI is InChI=1S/C17H25NO/c1-2-16(19-5-1)12-18-4-3-17-9-13-6-14(10-17)8-15(7-13)11-17/h1-2,5,13-15,18H,3-4,6-12H2. The van der Waals surface area contributed by atoms with Crippen molar-refractivity contribution in [3.8, 4) is 0 Å². The molecule has 2 nitrogen and oxygen atoms in total. The van der Waals surface area contributed by atoms with E-state index in [1.807, 2.05) is 6.07 Å². The SMILES string of the molecule is c1coc(CNCCC23CC4CC(CC(C4)C2)C3)c1. The topological polar surface area (TPSA) is 25.2 Å². The van der Waals surface area contributed by atoms with Crippen LogP contribution in [0.5, 0.6) is 0 Å². The first kappa shape index (κ1) is 12.0. The number of nitrogens with one attached hydrogen (secondary N) is 1. The zero-order valence-electron chi connectivity index (χ0n) is 11.7. The van der Waals surface area contributed by atoms with Gasteiger partial charge in [0.05, 0.1) is 12.8 Å². The molecule has 19 heavy (non-hydrogen) atoms. The normalized spacial score (nSPS) is 39.9. The summed E-state index contributed by atoms with van der Waals surface area (Å²) in [5, 5.41) is 3.57. The van der Waals surface area contributed by atoms with Crippen molar-refractivity contribution in [3.05, 3.63) is 24.2 Å². The highest BCUT2D eigenvalue weighted by Crippen LogP contribution is 2.61. The number of rotatable bonds is 5. The summed E-state index contributed by atoms with van der Waals surface area (Å²) in [6.45, 7) is 2.05. The summed E-state index contributed by atoms with van der Waals surface area (Å²) in [5.41, 5.74) is 0.713. The van der Waals surface area contributed by atoms with E-state index in [9.17, 15) is 0 Å². The number of furan rings is 1.